The van der Waals surface area contributed by atoms with E-state index in [1.54, 1.807) is 13.1 Å². The Morgan fingerprint density at radius 2 is 2.20 bits per heavy atom. The first kappa shape index (κ1) is 9.34. The van der Waals surface area contributed by atoms with Crippen molar-refractivity contribution in [3.05, 3.63) is 29.3 Å². The summed E-state index contributed by atoms with van der Waals surface area (Å²) in [4.78, 5) is 1.37. The first-order valence-corrected chi connectivity index (χ1v) is 4.46. The van der Waals surface area contributed by atoms with E-state index in [1.807, 2.05) is 19.1 Å². The molecule has 1 heterocycles. The van der Waals surface area contributed by atoms with Crippen LogP contribution in [0, 0.1) is 18.3 Å². The van der Waals surface area contributed by atoms with E-state index >= 15 is 0 Å². The Hall–Kier alpha value is -2.22. The lowest BCUT2D eigenvalue weighted by Crippen LogP contribution is -1.92. The van der Waals surface area contributed by atoms with Gasteiger partial charge < -0.3 is 0 Å². The third-order valence-corrected chi connectivity index (χ3v) is 2.04. The molecule has 0 atom stereocenters. The van der Waals surface area contributed by atoms with Crippen LogP contribution in [-0.2, 0) is 7.05 Å². The number of rotatable bonds is 1. The minimum Gasteiger partial charge on any atom is -0.192 e. The Morgan fingerprint density at radius 1 is 1.40 bits per heavy atom. The van der Waals surface area contributed by atoms with Crippen LogP contribution in [0.1, 0.15) is 11.1 Å². The molecule has 0 aliphatic heterocycles. The van der Waals surface area contributed by atoms with Crippen LogP contribution in [-0.4, -0.2) is 20.2 Å². The zero-order chi connectivity index (χ0) is 10.8. The number of tetrazole rings is 1. The number of aromatic nitrogens is 4. The summed E-state index contributed by atoms with van der Waals surface area (Å²) in [7, 11) is 1.69. The molecule has 0 radical (unpaired) electrons. The lowest BCUT2D eigenvalue weighted by molar-refractivity contribution is 0.630. The number of nitrogens with zero attached hydrogens (tertiary/aromatic N) is 5. The van der Waals surface area contributed by atoms with Gasteiger partial charge in [-0.3, -0.25) is 0 Å². The van der Waals surface area contributed by atoms with Crippen LogP contribution >= 0.6 is 0 Å². The molecule has 5 heteroatoms. The summed E-state index contributed by atoms with van der Waals surface area (Å²) in [5.74, 6) is 0.484. The first-order chi connectivity index (χ1) is 7.20. The average molecular weight is 199 g/mol. The summed E-state index contributed by atoms with van der Waals surface area (Å²) in [5.41, 5.74) is 2.36. The van der Waals surface area contributed by atoms with Gasteiger partial charge in [-0.15, -0.1) is 10.2 Å². The maximum absolute atomic E-state index is 8.94. The Bertz CT molecular complexity index is 535. The Balaban J connectivity index is 2.61. The Morgan fingerprint density at radius 3 is 2.80 bits per heavy atom. The number of nitriles is 1. The molecule has 2 rings (SSSR count). The van der Waals surface area contributed by atoms with E-state index in [4.69, 9.17) is 5.26 Å². The van der Waals surface area contributed by atoms with Gasteiger partial charge in [0.05, 0.1) is 18.7 Å². The van der Waals surface area contributed by atoms with Crippen molar-refractivity contribution in [2.45, 2.75) is 6.92 Å². The molecule has 0 spiro atoms. The first-order valence-electron chi connectivity index (χ1n) is 4.46. The number of benzene rings is 1. The normalized spacial score (nSPS) is 9.93. The Kier molecular flexibility index (Phi) is 2.18. The quantitative estimate of drug-likeness (QED) is 0.688. The van der Waals surface area contributed by atoms with Crippen molar-refractivity contribution in [1.29, 1.82) is 5.26 Å². The van der Waals surface area contributed by atoms with Crippen LogP contribution in [0.2, 0.25) is 0 Å². The van der Waals surface area contributed by atoms with Gasteiger partial charge in [-0.05, 0) is 24.3 Å². The van der Waals surface area contributed by atoms with Crippen molar-refractivity contribution in [3.8, 4) is 17.5 Å². The third-order valence-electron chi connectivity index (χ3n) is 2.04. The SMILES string of the molecule is Cc1ccc(C#N)c(-c2nnn(C)n2)c1. The molecule has 5 nitrogen and oxygen atoms in total. The van der Waals surface area contributed by atoms with E-state index < -0.39 is 0 Å². The summed E-state index contributed by atoms with van der Waals surface area (Å²) in [6.45, 7) is 1.96. The van der Waals surface area contributed by atoms with Gasteiger partial charge in [-0.2, -0.15) is 10.1 Å². The highest BCUT2D eigenvalue weighted by Gasteiger charge is 2.09. The molecular weight excluding hydrogens is 190 g/mol. The zero-order valence-corrected chi connectivity index (χ0v) is 8.47. The van der Waals surface area contributed by atoms with Gasteiger partial charge in [0.1, 0.15) is 0 Å². The molecule has 74 valence electrons. The van der Waals surface area contributed by atoms with Crippen LogP contribution in [0.4, 0.5) is 0 Å². The van der Waals surface area contributed by atoms with Gasteiger partial charge in [0.25, 0.3) is 0 Å². The fourth-order valence-corrected chi connectivity index (χ4v) is 1.33. The van der Waals surface area contributed by atoms with Crippen LogP contribution in [0.5, 0.6) is 0 Å². The molecule has 2 aromatic rings. The highest BCUT2D eigenvalue weighted by molar-refractivity contribution is 5.64. The molecule has 0 amide bonds. The number of aryl methyl sites for hydroxylation is 2. The van der Waals surface area contributed by atoms with Gasteiger partial charge >= 0.3 is 0 Å². The van der Waals surface area contributed by atoms with E-state index in [0.717, 1.165) is 11.1 Å². The van der Waals surface area contributed by atoms with Crippen LogP contribution < -0.4 is 0 Å². The maximum atomic E-state index is 8.94. The van der Waals surface area contributed by atoms with Crippen LogP contribution in [0.3, 0.4) is 0 Å². The topological polar surface area (TPSA) is 67.4 Å². The van der Waals surface area contributed by atoms with Crippen molar-refractivity contribution in [2.75, 3.05) is 0 Å². The molecule has 0 bridgehead atoms. The second-order valence-corrected chi connectivity index (χ2v) is 3.26. The van der Waals surface area contributed by atoms with Gasteiger partial charge in [-0.1, -0.05) is 11.6 Å². The lowest BCUT2D eigenvalue weighted by atomic mass is 10.1. The molecule has 0 N–H and O–H groups in total. The fourth-order valence-electron chi connectivity index (χ4n) is 1.33. The van der Waals surface area contributed by atoms with E-state index in [2.05, 4.69) is 21.5 Å². The van der Waals surface area contributed by atoms with E-state index in [1.165, 1.54) is 4.80 Å². The predicted octanol–water partition coefficient (Wildman–Crippen LogP) is 1.06. The summed E-state index contributed by atoms with van der Waals surface area (Å²) < 4.78 is 0. The molecular formula is C10H9N5. The summed E-state index contributed by atoms with van der Waals surface area (Å²) in [5, 5.41) is 20.6. The minimum atomic E-state index is 0.484. The second-order valence-electron chi connectivity index (χ2n) is 3.26. The van der Waals surface area contributed by atoms with E-state index in [-0.39, 0.29) is 0 Å². The smallest absolute Gasteiger partial charge is 0.192 e. The molecule has 15 heavy (non-hydrogen) atoms. The van der Waals surface area contributed by atoms with Crippen molar-refractivity contribution >= 4 is 0 Å². The molecule has 1 aromatic heterocycles. The summed E-state index contributed by atoms with van der Waals surface area (Å²) >= 11 is 0. The molecule has 0 aliphatic carbocycles. The third kappa shape index (κ3) is 1.70. The maximum Gasteiger partial charge on any atom is 0.206 e. The molecule has 0 fully saturated rings. The summed E-state index contributed by atoms with van der Waals surface area (Å²) in [6, 6.07) is 7.65. The second kappa shape index (κ2) is 3.50. The monoisotopic (exact) mass is 199 g/mol. The fraction of sp³-hybridized carbons (Fsp3) is 0.200. The van der Waals surface area contributed by atoms with Gasteiger partial charge in [-0.25, -0.2) is 0 Å². The molecule has 0 unspecified atom stereocenters. The Labute approximate surface area is 87.0 Å². The highest BCUT2D eigenvalue weighted by Crippen LogP contribution is 2.20. The molecule has 0 saturated heterocycles. The molecule has 0 saturated carbocycles. The zero-order valence-electron chi connectivity index (χ0n) is 8.47. The highest BCUT2D eigenvalue weighted by atomic mass is 15.6. The largest absolute Gasteiger partial charge is 0.206 e. The lowest BCUT2D eigenvalue weighted by Gasteiger charge is -1.99. The van der Waals surface area contributed by atoms with Crippen LogP contribution in [0.15, 0.2) is 18.2 Å². The van der Waals surface area contributed by atoms with E-state index in [0.29, 0.717) is 11.4 Å². The molecule has 0 aliphatic rings. The number of hydrogen-bond acceptors (Lipinski definition) is 4. The van der Waals surface area contributed by atoms with Gasteiger partial charge in [0.15, 0.2) is 0 Å². The van der Waals surface area contributed by atoms with Crippen molar-refractivity contribution < 1.29 is 0 Å². The average Bonchev–Trinajstić information content (AvgIpc) is 2.65. The van der Waals surface area contributed by atoms with Crippen molar-refractivity contribution in [3.63, 3.8) is 0 Å². The molecule has 1 aromatic carbocycles. The van der Waals surface area contributed by atoms with Crippen molar-refractivity contribution in [2.24, 2.45) is 7.05 Å². The van der Waals surface area contributed by atoms with Gasteiger partial charge in [0, 0.05) is 5.56 Å². The minimum absolute atomic E-state index is 0.484. The van der Waals surface area contributed by atoms with E-state index in [9.17, 15) is 0 Å². The van der Waals surface area contributed by atoms with Crippen LogP contribution in [0.25, 0.3) is 11.4 Å². The standard InChI is InChI=1S/C10H9N5/c1-7-3-4-8(6-11)9(5-7)10-12-14-15(2)13-10/h3-5H,1-2H3. The van der Waals surface area contributed by atoms with Crippen molar-refractivity contribution in [1.82, 2.24) is 20.2 Å². The predicted molar refractivity (Wildman–Crippen MR) is 53.7 cm³/mol. The summed E-state index contributed by atoms with van der Waals surface area (Å²) in [6.07, 6.45) is 0. The van der Waals surface area contributed by atoms with Gasteiger partial charge in [0.2, 0.25) is 5.82 Å². The number of hydrogen-bond donors (Lipinski definition) is 0.